The molecule has 0 bridgehead atoms. The molecule has 0 radical (unpaired) electrons. The van der Waals surface area contributed by atoms with Crippen LogP contribution in [0.5, 0.6) is 0 Å². The van der Waals surface area contributed by atoms with Crippen molar-refractivity contribution in [1.29, 1.82) is 0 Å². The van der Waals surface area contributed by atoms with E-state index in [4.69, 9.17) is 23.2 Å². The van der Waals surface area contributed by atoms with Crippen molar-refractivity contribution in [3.05, 3.63) is 40.3 Å². The zero-order chi connectivity index (χ0) is 13.1. The maximum Gasteiger partial charge on any atom is 0.222 e. The number of halogens is 2. The molecule has 0 aliphatic carbocycles. The normalized spacial score (nSPS) is 10.4. The summed E-state index contributed by atoms with van der Waals surface area (Å²) in [4.78, 5) is 15.0. The van der Waals surface area contributed by atoms with E-state index in [-0.39, 0.29) is 5.91 Å². The van der Waals surface area contributed by atoms with E-state index in [1.165, 1.54) is 13.1 Å². The van der Waals surface area contributed by atoms with Gasteiger partial charge in [0.15, 0.2) is 5.82 Å². The van der Waals surface area contributed by atoms with Crippen molar-refractivity contribution in [2.24, 2.45) is 0 Å². The second kappa shape index (κ2) is 5.37. The van der Waals surface area contributed by atoms with Gasteiger partial charge in [-0.2, -0.15) is 5.10 Å². The zero-order valence-corrected chi connectivity index (χ0v) is 11.0. The lowest BCUT2D eigenvalue weighted by atomic mass is 10.3. The van der Waals surface area contributed by atoms with Crippen LogP contribution in [-0.4, -0.2) is 20.7 Å². The van der Waals surface area contributed by atoms with Gasteiger partial charge in [0.1, 0.15) is 0 Å². The van der Waals surface area contributed by atoms with Crippen molar-refractivity contribution >= 4 is 34.9 Å². The SMILES string of the molecule is CC(=O)Nc1ccn(Cc2ncc(Cl)cc2Cl)n1. The summed E-state index contributed by atoms with van der Waals surface area (Å²) >= 11 is 11.8. The van der Waals surface area contributed by atoms with Gasteiger partial charge in [-0.3, -0.25) is 14.5 Å². The van der Waals surface area contributed by atoms with Gasteiger partial charge in [-0.15, -0.1) is 0 Å². The fourth-order valence-corrected chi connectivity index (χ4v) is 1.85. The second-order valence-electron chi connectivity index (χ2n) is 3.66. The summed E-state index contributed by atoms with van der Waals surface area (Å²) in [6, 6.07) is 3.33. The summed E-state index contributed by atoms with van der Waals surface area (Å²) in [7, 11) is 0. The molecule has 2 aromatic rings. The molecule has 0 aromatic carbocycles. The number of anilines is 1. The van der Waals surface area contributed by atoms with E-state index >= 15 is 0 Å². The van der Waals surface area contributed by atoms with Crippen LogP contribution in [0.4, 0.5) is 5.82 Å². The van der Waals surface area contributed by atoms with Crippen LogP contribution in [-0.2, 0) is 11.3 Å². The molecule has 0 saturated carbocycles. The largest absolute Gasteiger partial charge is 0.309 e. The second-order valence-corrected chi connectivity index (χ2v) is 4.51. The first-order valence-corrected chi connectivity index (χ1v) is 5.91. The summed E-state index contributed by atoms with van der Waals surface area (Å²) in [5, 5.41) is 7.73. The molecule has 0 atom stereocenters. The predicted molar refractivity (Wildman–Crippen MR) is 69.9 cm³/mol. The first kappa shape index (κ1) is 12.9. The van der Waals surface area contributed by atoms with Crippen LogP contribution >= 0.6 is 23.2 Å². The Morgan fingerprint density at radius 1 is 1.50 bits per heavy atom. The lowest BCUT2D eigenvalue weighted by molar-refractivity contribution is -0.114. The Morgan fingerprint density at radius 3 is 2.94 bits per heavy atom. The third-order valence-electron chi connectivity index (χ3n) is 2.14. The van der Waals surface area contributed by atoms with Crippen LogP contribution < -0.4 is 5.32 Å². The maximum absolute atomic E-state index is 10.9. The first-order chi connectivity index (χ1) is 8.54. The van der Waals surface area contributed by atoms with E-state index in [9.17, 15) is 4.79 Å². The predicted octanol–water partition coefficient (Wildman–Crippen LogP) is 2.59. The molecular weight excluding hydrogens is 275 g/mol. The van der Waals surface area contributed by atoms with Gasteiger partial charge in [-0.1, -0.05) is 23.2 Å². The third-order valence-corrected chi connectivity index (χ3v) is 2.67. The highest BCUT2D eigenvalue weighted by atomic mass is 35.5. The van der Waals surface area contributed by atoms with Crippen molar-refractivity contribution in [2.75, 3.05) is 5.32 Å². The minimum absolute atomic E-state index is 0.164. The van der Waals surface area contributed by atoms with Crippen LogP contribution in [0.2, 0.25) is 10.0 Å². The van der Waals surface area contributed by atoms with E-state index in [2.05, 4.69) is 15.4 Å². The number of carbonyl (C=O) groups excluding carboxylic acids is 1. The fourth-order valence-electron chi connectivity index (χ4n) is 1.41. The van der Waals surface area contributed by atoms with E-state index < -0.39 is 0 Å². The maximum atomic E-state index is 10.9. The Balaban J connectivity index is 2.13. The topological polar surface area (TPSA) is 59.8 Å². The molecule has 18 heavy (non-hydrogen) atoms. The van der Waals surface area contributed by atoms with Gasteiger partial charge in [0, 0.05) is 25.4 Å². The molecule has 94 valence electrons. The number of hydrogen-bond acceptors (Lipinski definition) is 3. The quantitative estimate of drug-likeness (QED) is 0.942. The Kier molecular flexibility index (Phi) is 3.84. The molecule has 0 saturated heterocycles. The summed E-state index contributed by atoms with van der Waals surface area (Å²) in [5.74, 6) is 0.329. The Labute approximate surface area is 114 Å². The van der Waals surface area contributed by atoms with Crippen LogP contribution in [0.25, 0.3) is 0 Å². The molecule has 2 heterocycles. The molecule has 7 heteroatoms. The van der Waals surface area contributed by atoms with E-state index in [0.717, 1.165) is 0 Å². The smallest absolute Gasteiger partial charge is 0.222 e. The third kappa shape index (κ3) is 3.21. The molecule has 0 aliphatic rings. The highest BCUT2D eigenvalue weighted by Gasteiger charge is 2.06. The van der Waals surface area contributed by atoms with E-state index in [0.29, 0.717) is 28.1 Å². The van der Waals surface area contributed by atoms with Crippen LogP contribution in [0.1, 0.15) is 12.6 Å². The molecule has 0 unspecified atom stereocenters. The number of amides is 1. The van der Waals surface area contributed by atoms with Crippen molar-refractivity contribution in [3.8, 4) is 0 Å². The zero-order valence-electron chi connectivity index (χ0n) is 9.52. The number of nitrogens with zero attached hydrogens (tertiary/aromatic N) is 3. The summed E-state index contributed by atoms with van der Waals surface area (Å²) in [6.07, 6.45) is 3.26. The fraction of sp³-hybridized carbons (Fsp3) is 0.182. The molecule has 1 N–H and O–H groups in total. The molecular formula is C11H10Cl2N4O. The lowest BCUT2D eigenvalue weighted by Gasteiger charge is -2.04. The number of aromatic nitrogens is 3. The molecule has 0 fully saturated rings. The van der Waals surface area contributed by atoms with Crippen molar-refractivity contribution in [2.45, 2.75) is 13.5 Å². The Morgan fingerprint density at radius 2 is 2.28 bits per heavy atom. The number of carbonyl (C=O) groups is 1. The van der Waals surface area contributed by atoms with Gasteiger partial charge < -0.3 is 5.32 Å². The highest BCUT2D eigenvalue weighted by Crippen LogP contribution is 2.19. The monoisotopic (exact) mass is 284 g/mol. The minimum Gasteiger partial charge on any atom is -0.309 e. The average Bonchev–Trinajstić information content (AvgIpc) is 2.69. The summed E-state index contributed by atoms with van der Waals surface area (Å²) in [5.41, 5.74) is 0.665. The molecule has 2 rings (SSSR count). The number of pyridine rings is 1. The number of rotatable bonds is 3. The standard InChI is InChI=1S/C11H10Cl2N4O/c1-7(18)15-11-2-3-17(16-11)6-10-9(13)4-8(12)5-14-10/h2-5H,6H2,1H3,(H,15,16,18). The molecule has 0 aliphatic heterocycles. The molecule has 1 amide bonds. The molecule has 2 aromatic heterocycles. The van der Waals surface area contributed by atoms with Crippen molar-refractivity contribution in [3.63, 3.8) is 0 Å². The van der Waals surface area contributed by atoms with Gasteiger partial charge in [-0.25, -0.2) is 0 Å². The summed E-state index contributed by atoms with van der Waals surface area (Å²) < 4.78 is 1.63. The number of nitrogens with one attached hydrogen (secondary N) is 1. The summed E-state index contributed by atoms with van der Waals surface area (Å²) in [6.45, 7) is 1.84. The van der Waals surface area contributed by atoms with Gasteiger partial charge in [-0.05, 0) is 6.07 Å². The Bertz CT molecular complexity index is 582. The van der Waals surface area contributed by atoms with Gasteiger partial charge in [0.05, 0.1) is 22.3 Å². The number of hydrogen-bond donors (Lipinski definition) is 1. The van der Waals surface area contributed by atoms with Crippen LogP contribution in [0.15, 0.2) is 24.5 Å². The minimum atomic E-state index is -0.164. The Hall–Kier alpha value is -1.59. The van der Waals surface area contributed by atoms with E-state index in [1.54, 1.807) is 23.0 Å². The van der Waals surface area contributed by atoms with Crippen LogP contribution in [0, 0.1) is 0 Å². The highest BCUT2D eigenvalue weighted by molar-refractivity contribution is 6.34. The van der Waals surface area contributed by atoms with Gasteiger partial charge >= 0.3 is 0 Å². The molecule has 5 nitrogen and oxygen atoms in total. The molecule has 0 spiro atoms. The van der Waals surface area contributed by atoms with E-state index in [1.807, 2.05) is 0 Å². The lowest BCUT2D eigenvalue weighted by Crippen LogP contribution is -2.08. The van der Waals surface area contributed by atoms with Crippen LogP contribution in [0.3, 0.4) is 0 Å². The first-order valence-electron chi connectivity index (χ1n) is 5.15. The van der Waals surface area contributed by atoms with Gasteiger partial charge in [0.25, 0.3) is 0 Å². The average molecular weight is 285 g/mol. The van der Waals surface area contributed by atoms with Gasteiger partial charge in [0.2, 0.25) is 5.91 Å². The van der Waals surface area contributed by atoms with Crippen molar-refractivity contribution < 1.29 is 4.79 Å². The van der Waals surface area contributed by atoms with Crippen molar-refractivity contribution in [1.82, 2.24) is 14.8 Å².